The van der Waals surface area contributed by atoms with Crippen molar-refractivity contribution in [2.45, 2.75) is 32.6 Å². The number of benzene rings is 3. The van der Waals surface area contributed by atoms with Crippen molar-refractivity contribution >= 4 is 22.6 Å². The van der Waals surface area contributed by atoms with Crippen LogP contribution in [0.3, 0.4) is 0 Å². The standard InChI is InChI=1S/C25H25N3O/c1-18-7-14-22-23(17-18)28-24(27-22)15-10-20-8-12-21(13-9-20)26-25(29)16-11-19-5-3-2-4-6-19/h2-9,12-14,17H,10-11,15-16H2,1H3,(H,26,29)(H,27,28). The molecule has 1 aromatic heterocycles. The lowest BCUT2D eigenvalue weighted by Gasteiger charge is -2.07. The van der Waals surface area contributed by atoms with Gasteiger partial charge in [-0.1, -0.05) is 48.5 Å². The summed E-state index contributed by atoms with van der Waals surface area (Å²) in [7, 11) is 0. The fraction of sp³-hybridized carbons (Fsp3) is 0.200. The predicted octanol–water partition coefficient (Wildman–Crippen LogP) is 5.23. The number of imidazole rings is 1. The quantitative estimate of drug-likeness (QED) is 0.459. The highest BCUT2D eigenvalue weighted by atomic mass is 16.1. The predicted molar refractivity (Wildman–Crippen MR) is 118 cm³/mol. The van der Waals surface area contributed by atoms with Crippen LogP contribution in [-0.4, -0.2) is 15.9 Å². The van der Waals surface area contributed by atoms with Crippen molar-refractivity contribution in [3.8, 4) is 0 Å². The summed E-state index contributed by atoms with van der Waals surface area (Å²) in [6.07, 6.45) is 3.00. The second-order valence-corrected chi connectivity index (χ2v) is 7.43. The first-order valence-corrected chi connectivity index (χ1v) is 10.0. The number of aromatic amines is 1. The van der Waals surface area contributed by atoms with E-state index in [9.17, 15) is 4.79 Å². The highest BCUT2D eigenvalue weighted by molar-refractivity contribution is 5.90. The zero-order chi connectivity index (χ0) is 20.1. The monoisotopic (exact) mass is 383 g/mol. The summed E-state index contributed by atoms with van der Waals surface area (Å²) in [6.45, 7) is 2.09. The Morgan fingerprint density at radius 1 is 0.897 bits per heavy atom. The maximum atomic E-state index is 12.2. The fourth-order valence-electron chi connectivity index (χ4n) is 3.44. The third kappa shape index (κ3) is 5.11. The number of anilines is 1. The first-order valence-electron chi connectivity index (χ1n) is 10.0. The molecule has 4 nitrogen and oxygen atoms in total. The van der Waals surface area contributed by atoms with Crippen molar-refractivity contribution < 1.29 is 4.79 Å². The van der Waals surface area contributed by atoms with Gasteiger partial charge >= 0.3 is 0 Å². The SMILES string of the molecule is Cc1ccc2nc(CCc3ccc(NC(=O)CCc4ccccc4)cc3)[nH]c2c1. The van der Waals surface area contributed by atoms with Crippen molar-refractivity contribution in [2.24, 2.45) is 0 Å². The van der Waals surface area contributed by atoms with Crippen LogP contribution in [0.4, 0.5) is 5.69 Å². The average Bonchev–Trinajstić information content (AvgIpc) is 3.14. The number of carbonyl (C=O) groups is 1. The van der Waals surface area contributed by atoms with E-state index in [1.807, 2.05) is 42.5 Å². The summed E-state index contributed by atoms with van der Waals surface area (Å²) < 4.78 is 0. The van der Waals surface area contributed by atoms with Gasteiger partial charge in [0, 0.05) is 18.5 Å². The minimum atomic E-state index is 0.0409. The minimum Gasteiger partial charge on any atom is -0.342 e. The van der Waals surface area contributed by atoms with Crippen molar-refractivity contribution in [1.82, 2.24) is 9.97 Å². The van der Waals surface area contributed by atoms with E-state index in [0.29, 0.717) is 6.42 Å². The molecule has 0 atom stereocenters. The van der Waals surface area contributed by atoms with Crippen molar-refractivity contribution in [2.75, 3.05) is 5.32 Å². The summed E-state index contributed by atoms with van der Waals surface area (Å²) in [5, 5.41) is 2.98. The Morgan fingerprint density at radius 3 is 2.45 bits per heavy atom. The van der Waals surface area contributed by atoms with Crippen molar-refractivity contribution in [1.29, 1.82) is 0 Å². The number of nitrogens with one attached hydrogen (secondary N) is 2. The van der Waals surface area contributed by atoms with Gasteiger partial charge < -0.3 is 10.3 Å². The van der Waals surface area contributed by atoms with Gasteiger partial charge in [0.15, 0.2) is 0 Å². The van der Waals surface area contributed by atoms with E-state index in [1.165, 1.54) is 16.7 Å². The number of rotatable bonds is 7. The van der Waals surface area contributed by atoms with Crippen LogP contribution in [0, 0.1) is 6.92 Å². The van der Waals surface area contributed by atoms with Gasteiger partial charge in [-0.15, -0.1) is 0 Å². The van der Waals surface area contributed by atoms with E-state index >= 15 is 0 Å². The Labute approximate surface area is 171 Å². The number of aromatic nitrogens is 2. The summed E-state index contributed by atoms with van der Waals surface area (Å²) >= 11 is 0. The molecule has 0 unspecified atom stereocenters. The van der Waals surface area contributed by atoms with E-state index in [1.54, 1.807) is 0 Å². The van der Waals surface area contributed by atoms with Crippen molar-refractivity contribution in [3.63, 3.8) is 0 Å². The number of aryl methyl sites for hydroxylation is 4. The van der Waals surface area contributed by atoms with Crippen LogP contribution in [0.25, 0.3) is 11.0 Å². The van der Waals surface area contributed by atoms with E-state index in [4.69, 9.17) is 0 Å². The highest BCUT2D eigenvalue weighted by Gasteiger charge is 2.05. The van der Waals surface area contributed by atoms with E-state index in [0.717, 1.165) is 41.8 Å². The van der Waals surface area contributed by atoms with Gasteiger partial charge in [0.1, 0.15) is 5.82 Å². The molecule has 0 spiro atoms. The van der Waals surface area contributed by atoms with Crippen LogP contribution in [0.5, 0.6) is 0 Å². The molecule has 1 heterocycles. The van der Waals surface area contributed by atoms with Crippen LogP contribution < -0.4 is 5.32 Å². The molecule has 29 heavy (non-hydrogen) atoms. The van der Waals surface area contributed by atoms with Gasteiger partial charge in [-0.05, 0) is 60.7 Å². The third-order valence-corrected chi connectivity index (χ3v) is 5.06. The maximum Gasteiger partial charge on any atom is 0.224 e. The van der Waals surface area contributed by atoms with Gasteiger partial charge in [-0.3, -0.25) is 4.79 Å². The molecule has 2 N–H and O–H groups in total. The number of fused-ring (bicyclic) bond motifs is 1. The zero-order valence-electron chi connectivity index (χ0n) is 16.6. The molecule has 146 valence electrons. The molecule has 0 fully saturated rings. The molecule has 0 aliphatic carbocycles. The Kier molecular flexibility index (Phi) is 5.71. The molecule has 0 aliphatic heterocycles. The normalized spacial score (nSPS) is 10.9. The molecule has 4 heteroatoms. The topological polar surface area (TPSA) is 57.8 Å². The van der Waals surface area contributed by atoms with Gasteiger partial charge in [-0.2, -0.15) is 0 Å². The molecule has 0 bridgehead atoms. The molecule has 0 saturated carbocycles. The van der Waals surface area contributed by atoms with Crippen molar-refractivity contribution in [3.05, 3.63) is 95.3 Å². The largest absolute Gasteiger partial charge is 0.342 e. The summed E-state index contributed by atoms with van der Waals surface area (Å²) in [5.74, 6) is 1.04. The molecular weight excluding hydrogens is 358 g/mol. The highest BCUT2D eigenvalue weighted by Crippen LogP contribution is 2.16. The number of nitrogens with zero attached hydrogens (tertiary/aromatic N) is 1. The third-order valence-electron chi connectivity index (χ3n) is 5.06. The minimum absolute atomic E-state index is 0.0409. The zero-order valence-corrected chi connectivity index (χ0v) is 16.6. The number of H-pyrrole nitrogens is 1. The number of hydrogen-bond acceptors (Lipinski definition) is 2. The first-order chi connectivity index (χ1) is 14.2. The Bertz CT molecular complexity index is 1100. The molecule has 4 rings (SSSR count). The molecule has 0 aliphatic rings. The van der Waals surface area contributed by atoms with Gasteiger partial charge in [0.05, 0.1) is 11.0 Å². The van der Waals surface area contributed by atoms with E-state index in [-0.39, 0.29) is 5.91 Å². The molecular formula is C25H25N3O. The number of amides is 1. The lowest BCUT2D eigenvalue weighted by atomic mass is 10.1. The van der Waals surface area contributed by atoms with Crippen LogP contribution in [-0.2, 0) is 24.1 Å². The average molecular weight is 383 g/mol. The number of hydrogen-bond donors (Lipinski definition) is 2. The number of carbonyl (C=O) groups excluding carboxylic acids is 1. The molecule has 0 saturated heterocycles. The van der Waals surface area contributed by atoms with Crippen LogP contribution in [0.1, 0.15) is 28.9 Å². The van der Waals surface area contributed by atoms with Gasteiger partial charge in [-0.25, -0.2) is 4.98 Å². The molecule has 0 radical (unpaired) electrons. The molecule has 3 aromatic carbocycles. The molecule has 1 amide bonds. The van der Waals surface area contributed by atoms with E-state index < -0.39 is 0 Å². The second kappa shape index (κ2) is 8.74. The lowest BCUT2D eigenvalue weighted by Crippen LogP contribution is -2.12. The molecule has 4 aromatic rings. The van der Waals surface area contributed by atoms with E-state index in [2.05, 4.69) is 52.5 Å². The Balaban J connectivity index is 1.28. The Morgan fingerprint density at radius 2 is 1.66 bits per heavy atom. The van der Waals surface area contributed by atoms with Crippen LogP contribution in [0.15, 0.2) is 72.8 Å². The smallest absolute Gasteiger partial charge is 0.224 e. The summed E-state index contributed by atoms with van der Waals surface area (Å²) in [4.78, 5) is 20.2. The fourth-order valence-corrected chi connectivity index (χ4v) is 3.44. The summed E-state index contributed by atoms with van der Waals surface area (Å²) in [6, 6.07) is 24.4. The lowest BCUT2D eigenvalue weighted by molar-refractivity contribution is -0.116. The van der Waals surface area contributed by atoms with Gasteiger partial charge in [0.25, 0.3) is 0 Å². The Hall–Kier alpha value is -3.40. The summed E-state index contributed by atoms with van der Waals surface area (Å²) in [5.41, 5.74) is 6.58. The van der Waals surface area contributed by atoms with Crippen LogP contribution >= 0.6 is 0 Å². The first kappa shape index (κ1) is 18.9. The maximum absolute atomic E-state index is 12.2. The van der Waals surface area contributed by atoms with Gasteiger partial charge in [0.2, 0.25) is 5.91 Å². The second-order valence-electron chi connectivity index (χ2n) is 7.43. The van der Waals surface area contributed by atoms with Crippen LogP contribution in [0.2, 0.25) is 0 Å².